The van der Waals surface area contributed by atoms with E-state index in [0.717, 1.165) is 11.4 Å². The third-order valence-electron chi connectivity index (χ3n) is 2.80. The van der Waals surface area contributed by atoms with E-state index < -0.39 is 0 Å². The molecule has 0 spiro atoms. The first-order valence-corrected chi connectivity index (χ1v) is 7.42. The third kappa shape index (κ3) is 3.91. The van der Waals surface area contributed by atoms with Crippen molar-refractivity contribution >= 4 is 22.9 Å². The normalized spacial score (nSPS) is 9.86. The predicted octanol–water partition coefficient (Wildman–Crippen LogP) is 2.75. The molecule has 5 heteroatoms. The molecule has 0 aliphatic heterocycles. The summed E-state index contributed by atoms with van der Waals surface area (Å²) in [6.45, 7) is 3.79. The standard InChI is InChI=1S/C16H16N2O2S/c1-11-6-7-14(12(2)17-11)18-16(20)15-13(8-10-21-15)5-3-4-9-19/h6-8,10,19H,4,9H2,1-2H3,(H,18,20). The van der Waals surface area contributed by atoms with E-state index in [2.05, 4.69) is 22.1 Å². The number of carbonyl (C=O) groups excluding carboxylic acids is 1. The zero-order chi connectivity index (χ0) is 15.2. The van der Waals surface area contributed by atoms with Crippen molar-refractivity contribution in [2.75, 3.05) is 11.9 Å². The fraction of sp³-hybridized carbons (Fsp3) is 0.250. The number of nitrogens with one attached hydrogen (secondary N) is 1. The molecule has 21 heavy (non-hydrogen) atoms. The molecule has 1 amide bonds. The Balaban J connectivity index is 2.18. The summed E-state index contributed by atoms with van der Waals surface area (Å²) in [6.07, 6.45) is 0.401. The van der Waals surface area contributed by atoms with Gasteiger partial charge in [0.2, 0.25) is 0 Å². The number of anilines is 1. The Morgan fingerprint density at radius 2 is 2.19 bits per heavy atom. The second-order valence-corrected chi connectivity index (χ2v) is 5.39. The highest BCUT2D eigenvalue weighted by molar-refractivity contribution is 7.12. The maximum atomic E-state index is 12.3. The van der Waals surface area contributed by atoms with E-state index in [1.165, 1.54) is 11.3 Å². The number of aromatic nitrogens is 1. The maximum Gasteiger partial charge on any atom is 0.267 e. The molecule has 0 fully saturated rings. The fourth-order valence-electron chi connectivity index (χ4n) is 1.79. The highest BCUT2D eigenvalue weighted by Gasteiger charge is 2.13. The van der Waals surface area contributed by atoms with E-state index in [0.29, 0.717) is 22.5 Å². The van der Waals surface area contributed by atoms with Crippen LogP contribution < -0.4 is 5.32 Å². The van der Waals surface area contributed by atoms with Crippen LogP contribution in [0, 0.1) is 25.7 Å². The van der Waals surface area contributed by atoms with Gasteiger partial charge in [0, 0.05) is 17.7 Å². The SMILES string of the molecule is Cc1ccc(NC(=O)c2sccc2C#CCCO)c(C)n1. The summed E-state index contributed by atoms with van der Waals surface area (Å²) in [7, 11) is 0. The molecule has 108 valence electrons. The van der Waals surface area contributed by atoms with Crippen molar-refractivity contribution in [1.29, 1.82) is 0 Å². The van der Waals surface area contributed by atoms with Crippen LogP contribution in [0.2, 0.25) is 0 Å². The molecule has 0 aliphatic carbocycles. The first kappa shape index (κ1) is 15.2. The largest absolute Gasteiger partial charge is 0.395 e. The molecule has 2 aromatic heterocycles. The van der Waals surface area contributed by atoms with Gasteiger partial charge in [-0.3, -0.25) is 9.78 Å². The Bertz CT molecular complexity index is 711. The van der Waals surface area contributed by atoms with Gasteiger partial charge < -0.3 is 10.4 Å². The van der Waals surface area contributed by atoms with Gasteiger partial charge in [0.15, 0.2) is 0 Å². The topological polar surface area (TPSA) is 62.2 Å². The lowest BCUT2D eigenvalue weighted by Crippen LogP contribution is -2.13. The number of aryl methyl sites for hydroxylation is 2. The van der Waals surface area contributed by atoms with Gasteiger partial charge in [-0.15, -0.1) is 11.3 Å². The lowest BCUT2D eigenvalue weighted by atomic mass is 10.2. The van der Waals surface area contributed by atoms with Crippen molar-refractivity contribution in [3.8, 4) is 11.8 Å². The fourth-order valence-corrected chi connectivity index (χ4v) is 2.54. The summed E-state index contributed by atoms with van der Waals surface area (Å²) < 4.78 is 0. The van der Waals surface area contributed by atoms with Gasteiger partial charge >= 0.3 is 0 Å². The number of hydrogen-bond acceptors (Lipinski definition) is 4. The first-order valence-electron chi connectivity index (χ1n) is 6.54. The molecule has 2 N–H and O–H groups in total. The summed E-state index contributed by atoms with van der Waals surface area (Å²) in [5.74, 6) is 5.55. The van der Waals surface area contributed by atoms with Gasteiger partial charge in [0.05, 0.1) is 18.0 Å². The smallest absolute Gasteiger partial charge is 0.267 e. The third-order valence-corrected chi connectivity index (χ3v) is 3.72. The molecular formula is C16H16N2O2S. The zero-order valence-electron chi connectivity index (χ0n) is 11.9. The van der Waals surface area contributed by atoms with Gasteiger partial charge in [-0.2, -0.15) is 0 Å². The van der Waals surface area contributed by atoms with Gasteiger partial charge in [-0.1, -0.05) is 11.8 Å². The molecule has 0 saturated carbocycles. The van der Waals surface area contributed by atoms with E-state index in [4.69, 9.17) is 5.11 Å². The van der Waals surface area contributed by atoms with Crippen LogP contribution in [0.4, 0.5) is 5.69 Å². The number of aliphatic hydroxyl groups excluding tert-OH is 1. The first-order chi connectivity index (χ1) is 10.1. The predicted molar refractivity (Wildman–Crippen MR) is 84.6 cm³/mol. The van der Waals surface area contributed by atoms with Crippen LogP contribution >= 0.6 is 11.3 Å². The molecule has 2 rings (SSSR count). The molecule has 2 aromatic rings. The molecule has 4 nitrogen and oxygen atoms in total. The minimum absolute atomic E-state index is 0.0207. The number of amides is 1. The van der Waals surface area contributed by atoms with Crippen molar-refractivity contribution in [2.24, 2.45) is 0 Å². The Kier molecular flexibility index (Phi) is 5.09. The Morgan fingerprint density at radius 3 is 2.90 bits per heavy atom. The number of nitrogens with zero attached hydrogens (tertiary/aromatic N) is 1. The van der Waals surface area contributed by atoms with Crippen molar-refractivity contribution < 1.29 is 9.90 Å². The van der Waals surface area contributed by atoms with Crippen LogP contribution in [0.25, 0.3) is 0 Å². The highest BCUT2D eigenvalue weighted by atomic mass is 32.1. The average Bonchev–Trinajstić information content (AvgIpc) is 2.91. The molecule has 0 bridgehead atoms. The van der Waals surface area contributed by atoms with Crippen LogP contribution in [0.3, 0.4) is 0 Å². The lowest BCUT2D eigenvalue weighted by molar-refractivity contribution is 0.103. The second kappa shape index (κ2) is 7.02. The van der Waals surface area contributed by atoms with Gasteiger partial charge in [-0.25, -0.2) is 0 Å². The molecule has 0 aromatic carbocycles. The number of aliphatic hydroxyl groups is 1. The maximum absolute atomic E-state index is 12.3. The van der Waals surface area contributed by atoms with Crippen LogP contribution in [0.15, 0.2) is 23.6 Å². The molecule has 0 saturated heterocycles. The second-order valence-electron chi connectivity index (χ2n) is 4.48. The number of pyridine rings is 1. The van der Waals surface area contributed by atoms with Crippen molar-refractivity contribution in [2.45, 2.75) is 20.3 Å². The van der Waals surface area contributed by atoms with Crippen molar-refractivity contribution in [3.63, 3.8) is 0 Å². The monoisotopic (exact) mass is 300 g/mol. The zero-order valence-corrected chi connectivity index (χ0v) is 12.8. The van der Waals surface area contributed by atoms with Crippen LogP contribution in [-0.4, -0.2) is 22.6 Å². The van der Waals surface area contributed by atoms with E-state index >= 15 is 0 Å². The average molecular weight is 300 g/mol. The number of thiophene rings is 1. The Morgan fingerprint density at radius 1 is 1.38 bits per heavy atom. The summed E-state index contributed by atoms with van der Waals surface area (Å²) >= 11 is 1.35. The van der Waals surface area contributed by atoms with Crippen LogP contribution in [-0.2, 0) is 0 Å². The minimum Gasteiger partial charge on any atom is -0.395 e. The van der Waals surface area contributed by atoms with Crippen LogP contribution in [0.1, 0.15) is 33.0 Å². The highest BCUT2D eigenvalue weighted by Crippen LogP contribution is 2.19. The molecule has 2 heterocycles. The lowest BCUT2D eigenvalue weighted by Gasteiger charge is -2.07. The molecule has 0 aliphatic rings. The minimum atomic E-state index is -0.188. The molecule has 0 radical (unpaired) electrons. The Labute approximate surface area is 127 Å². The molecule has 0 atom stereocenters. The Hall–Kier alpha value is -2.16. The van der Waals surface area contributed by atoms with E-state index in [-0.39, 0.29) is 12.5 Å². The van der Waals surface area contributed by atoms with Crippen molar-refractivity contribution in [1.82, 2.24) is 4.98 Å². The van der Waals surface area contributed by atoms with E-state index in [9.17, 15) is 4.79 Å². The van der Waals surface area contributed by atoms with Crippen LogP contribution in [0.5, 0.6) is 0 Å². The number of hydrogen-bond donors (Lipinski definition) is 2. The van der Waals surface area contributed by atoms with E-state index in [1.807, 2.05) is 37.4 Å². The summed E-state index contributed by atoms with van der Waals surface area (Å²) in [6, 6.07) is 5.52. The summed E-state index contributed by atoms with van der Waals surface area (Å²) in [5, 5.41) is 13.4. The van der Waals surface area contributed by atoms with Gasteiger partial charge in [-0.05, 0) is 37.4 Å². The van der Waals surface area contributed by atoms with Gasteiger partial charge in [0.1, 0.15) is 4.88 Å². The number of rotatable bonds is 3. The van der Waals surface area contributed by atoms with Crippen molar-refractivity contribution in [3.05, 3.63) is 45.4 Å². The van der Waals surface area contributed by atoms with Gasteiger partial charge in [0.25, 0.3) is 5.91 Å². The summed E-state index contributed by atoms with van der Waals surface area (Å²) in [5.41, 5.74) is 3.09. The molecular weight excluding hydrogens is 284 g/mol. The quantitative estimate of drug-likeness (QED) is 0.857. The summed E-state index contributed by atoms with van der Waals surface area (Å²) in [4.78, 5) is 17.2. The van der Waals surface area contributed by atoms with E-state index in [1.54, 1.807) is 0 Å². The molecule has 0 unspecified atom stereocenters. The number of carbonyl (C=O) groups is 1.